The minimum Gasteiger partial charge on any atom is -0.368 e. The highest BCUT2D eigenvalue weighted by Crippen LogP contribution is 2.29. The second-order valence-electron chi connectivity index (χ2n) is 5.38. The zero-order valence-electron chi connectivity index (χ0n) is 12.2. The Balaban J connectivity index is 1.67. The summed E-state index contributed by atoms with van der Waals surface area (Å²) in [4.78, 5) is 16.8. The van der Waals surface area contributed by atoms with Gasteiger partial charge in [-0.2, -0.15) is 11.8 Å². The van der Waals surface area contributed by atoms with Crippen LogP contribution in [-0.2, 0) is 16.6 Å². The molecule has 1 unspecified atom stereocenters. The van der Waals surface area contributed by atoms with Gasteiger partial charge in [0, 0.05) is 43.3 Å². The molecule has 7 heteroatoms. The highest BCUT2D eigenvalue weighted by molar-refractivity contribution is 8.07. The van der Waals surface area contributed by atoms with Crippen LogP contribution in [0.5, 0.6) is 0 Å². The summed E-state index contributed by atoms with van der Waals surface area (Å²) < 4.78 is 7.87. The number of hydrogen-bond acceptors (Lipinski definition) is 5. The molecule has 0 radical (unpaired) electrons. The van der Waals surface area contributed by atoms with Crippen LogP contribution < -0.4 is 5.32 Å². The van der Waals surface area contributed by atoms with E-state index >= 15 is 0 Å². The minimum atomic E-state index is -0.135. The molecule has 3 atom stereocenters. The molecule has 2 aliphatic heterocycles. The first-order valence-electron chi connectivity index (χ1n) is 7.34. The summed E-state index contributed by atoms with van der Waals surface area (Å²) in [6.45, 7) is 0.734. The highest BCUT2D eigenvalue weighted by atomic mass is 32.2. The summed E-state index contributed by atoms with van der Waals surface area (Å²) in [6, 6.07) is 0.0277. The molecule has 2 aliphatic rings. The summed E-state index contributed by atoms with van der Waals surface area (Å²) in [5.74, 6) is 4.17. The van der Waals surface area contributed by atoms with Crippen molar-refractivity contribution < 1.29 is 9.53 Å². The van der Waals surface area contributed by atoms with Gasteiger partial charge in [0.15, 0.2) is 0 Å². The fraction of sp³-hybridized carbons (Fsp3) is 0.714. The molecule has 1 N–H and O–H groups in total. The van der Waals surface area contributed by atoms with E-state index in [0.717, 1.165) is 42.5 Å². The Kier molecular flexibility index (Phi) is 5.13. The SMILES string of the molecule is Cn1ccnc1[C@@H]1OCCC[C@H]1NC(=O)C1CSCCS1. The number of carbonyl (C=O) groups is 1. The van der Waals surface area contributed by atoms with Gasteiger partial charge in [-0.05, 0) is 12.8 Å². The lowest BCUT2D eigenvalue weighted by atomic mass is 10.0. The number of amides is 1. The lowest BCUT2D eigenvalue weighted by Gasteiger charge is -2.33. The molecule has 21 heavy (non-hydrogen) atoms. The molecular weight excluding hydrogens is 306 g/mol. The number of rotatable bonds is 3. The van der Waals surface area contributed by atoms with Crippen molar-refractivity contribution in [3.05, 3.63) is 18.2 Å². The van der Waals surface area contributed by atoms with Crippen LogP contribution in [-0.4, -0.2) is 50.6 Å². The quantitative estimate of drug-likeness (QED) is 0.914. The zero-order chi connectivity index (χ0) is 14.7. The van der Waals surface area contributed by atoms with Crippen LogP contribution in [0.4, 0.5) is 0 Å². The monoisotopic (exact) mass is 327 g/mol. The number of thioether (sulfide) groups is 2. The van der Waals surface area contributed by atoms with Crippen molar-refractivity contribution >= 4 is 29.4 Å². The first-order valence-corrected chi connectivity index (χ1v) is 9.54. The summed E-state index contributed by atoms with van der Waals surface area (Å²) in [5, 5.41) is 3.28. The van der Waals surface area contributed by atoms with Gasteiger partial charge in [-0.15, -0.1) is 11.8 Å². The van der Waals surface area contributed by atoms with Crippen molar-refractivity contribution in [1.29, 1.82) is 0 Å². The largest absolute Gasteiger partial charge is 0.368 e. The smallest absolute Gasteiger partial charge is 0.234 e. The van der Waals surface area contributed by atoms with Gasteiger partial charge >= 0.3 is 0 Å². The van der Waals surface area contributed by atoms with Crippen LogP contribution in [0.3, 0.4) is 0 Å². The molecule has 1 amide bonds. The molecule has 1 aromatic rings. The first kappa shape index (κ1) is 15.2. The molecular formula is C14H21N3O2S2. The van der Waals surface area contributed by atoms with E-state index < -0.39 is 0 Å². The zero-order valence-corrected chi connectivity index (χ0v) is 13.8. The van der Waals surface area contributed by atoms with Gasteiger partial charge in [0.25, 0.3) is 0 Å². The number of ether oxygens (including phenoxy) is 1. The number of nitrogens with one attached hydrogen (secondary N) is 1. The summed E-state index contributed by atoms with van der Waals surface area (Å²) in [7, 11) is 1.97. The lowest BCUT2D eigenvalue weighted by Crippen LogP contribution is -2.47. The molecule has 0 spiro atoms. The Bertz CT molecular complexity index is 488. The van der Waals surface area contributed by atoms with Gasteiger partial charge in [-0.1, -0.05) is 0 Å². The molecule has 0 aromatic carbocycles. The van der Waals surface area contributed by atoms with Gasteiger partial charge < -0.3 is 14.6 Å². The Morgan fingerprint density at radius 1 is 1.52 bits per heavy atom. The molecule has 3 rings (SSSR count). The van der Waals surface area contributed by atoms with E-state index in [4.69, 9.17) is 4.74 Å². The molecule has 0 saturated carbocycles. The van der Waals surface area contributed by atoms with E-state index in [0.29, 0.717) is 0 Å². The Morgan fingerprint density at radius 2 is 2.43 bits per heavy atom. The summed E-state index contributed by atoms with van der Waals surface area (Å²) in [6.07, 6.45) is 5.50. The topological polar surface area (TPSA) is 56.1 Å². The third-order valence-corrected chi connectivity index (χ3v) is 6.63. The second-order valence-corrected chi connectivity index (χ2v) is 7.84. The highest BCUT2D eigenvalue weighted by Gasteiger charge is 2.33. The Morgan fingerprint density at radius 3 is 3.14 bits per heavy atom. The van der Waals surface area contributed by atoms with Gasteiger partial charge in [-0.25, -0.2) is 4.98 Å². The van der Waals surface area contributed by atoms with Crippen LogP contribution in [0.2, 0.25) is 0 Å². The molecule has 5 nitrogen and oxygen atoms in total. The molecule has 0 aliphatic carbocycles. The van der Waals surface area contributed by atoms with Gasteiger partial charge in [0.1, 0.15) is 11.9 Å². The Labute approximate surface area is 133 Å². The summed E-state index contributed by atoms with van der Waals surface area (Å²) >= 11 is 3.63. The molecule has 116 valence electrons. The van der Waals surface area contributed by atoms with Gasteiger partial charge in [0.05, 0.1) is 11.3 Å². The fourth-order valence-corrected chi connectivity index (χ4v) is 5.32. The third-order valence-electron chi connectivity index (χ3n) is 3.87. The number of carbonyl (C=O) groups excluding carboxylic acids is 1. The summed E-state index contributed by atoms with van der Waals surface area (Å²) in [5.41, 5.74) is 0. The van der Waals surface area contributed by atoms with Crippen LogP contribution in [0.15, 0.2) is 12.4 Å². The number of imidazole rings is 1. The number of aromatic nitrogens is 2. The number of nitrogens with zero attached hydrogens (tertiary/aromatic N) is 2. The van der Waals surface area contributed by atoms with Crippen molar-refractivity contribution in [1.82, 2.24) is 14.9 Å². The molecule has 2 saturated heterocycles. The van der Waals surface area contributed by atoms with Gasteiger partial charge in [0.2, 0.25) is 5.91 Å². The average Bonchev–Trinajstić information content (AvgIpc) is 2.95. The molecule has 1 aromatic heterocycles. The van der Waals surface area contributed by atoms with E-state index in [-0.39, 0.29) is 23.3 Å². The second kappa shape index (κ2) is 7.07. The van der Waals surface area contributed by atoms with Crippen molar-refractivity contribution in [2.75, 3.05) is 23.9 Å². The van der Waals surface area contributed by atoms with Crippen LogP contribution in [0.25, 0.3) is 0 Å². The molecule has 2 fully saturated rings. The van der Waals surface area contributed by atoms with Crippen molar-refractivity contribution in [2.45, 2.75) is 30.2 Å². The van der Waals surface area contributed by atoms with E-state index in [2.05, 4.69) is 10.3 Å². The number of hydrogen-bond donors (Lipinski definition) is 1. The van der Waals surface area contributed by atoms with Gasteiger partial charge in [-0.3, -0.25) is 4.79 Å². The first-order chi connectivity index (χ1) is 10.3. The maximum absolute atomic E-state index is 12.4. The van der Waals surface area contributed by atoms with Crippen molar-refractivity contribution in [3.8, 4) is 0 Å². The van der Waals surface area contributed by atoms with Crippen LogP contribution >= 0.6 is 23.5 Å². The van der Waals surface area contributed by atoms with E-state index in [9.17, 15) is 4.79 Å². The maximum atomic E-state index is 12.4. The fourth-order valence-electron chi connectivity index (χ4n) is 2.75. The average molecular weight is 327 g/mol. The Hall–Kier alpha value is -0.660. The van der Waals surface area contributed by atoms with Crippen molar-refractivity contribution in [2.24, 2.45) is 7.05 Å². The standard InChI is InChI=1S/C14H21N3O2S2/c1-17-5-4-15-13(17)12-10(3-2-6-19-12)16-14(18)11-9-20-7-8-21-11/h4-5,10-12H,2-3,6-9H2,1H3,(H,16,18)/t10-,11?,12-/m1/s1. The van der Waals surface area contributed by atoms with Crippen LogP contribution in [0, 0.1) is 0 Å². The van der Waals surface area contributed by atoms with Crippen LogP contribution in [0.1, 0.15) is 24.8 Å². The maximum Gasteiger partial charge on any atom is 0.234 e. The van der Waals surface area contributed by atoms with E-state index in [1.54, 1.807) is 18.0 Å². The minimum absolute atomic E-state index is 0.0277. The molecule has 0 bridgehead atoms. The number of aryl methyl sites for hydroxylation is 1. The normalized spacial score (nSPS) is 30.0. The van der Waals surface area contributed by atoms with Crippen molar-refractivity contribution in [3.63, 3.8) is 0 Å². The third kappa shape index (κ3) is 3.57. The predicted molar refractivity (Wildman–Crippen MR) is 86.6 cm³/mol. The van der Waals surface area contributed by atoms with E-state index in [1.165, 1.54) is 0 Å². The predicted octanol–water partition coefficient (Wildman–Crippen LogP) is 1.60. The molecule has 3 heterocycles. The lowest BCUT2D eigenvalue weighted by molar-refractivity contribution is -0.123. The van der Waals surface area contributed by atoms with E-state index in [1.807, 2.05) is 29.6 Å².